The van der Waals surface area contributed by atoms with Crippen molar-refractivity contribution < 1.29 is 18.0 Å². The zero-order valence-corrected chi connectivity index (χ0v) is 12.4. The number of fused-ring (bicyclic) bond motifs is 2. The van der Waals surface area contributed by atoms with E-state index in [9.17, 15) is 18.0 Å². The van der Waals surface area contributed by atoms with Gasteiger partial charge in [0.2, 0.25) is 5.91 Å². The van der Waals surface area contributed by atoms with Crippen LogP contribution in [-0.4, -0.2) is 21.7 Å². The van der Waals surface area contributed by atoms with Gasteiger partial charge in [0, 0.05) is 12.2 Å². The molecular formula is C15H20F3N3O. The van der Waals surface area contributed by atoms with Crippen LogP contribution < -0.4 is 5.32 Å². The van der Waals surface area contributed by atoms with Crippen LogP contribution >= 0.6 is 0 Å². The summed E-state index contributed by atoms with van der Waals surface area (Å²) in [5.41, 5.74) is -0.971. The Kier molecular flexibility index (Phi) is 3.91. The van der Waals surface area contributed by atoms with Crippen LogP contribution in [0.3, 0.4) is 0 Å². The molecule has 0 radical (unpaired) electrons. The smallest absolute Gasteiger partial charge is 0.352 e. The highest BCUT2D eigenvalue weighted by Crippen LogP contribution is 2.49. The number of hydrogen-bond donors (Lipinski definition) is 1. The molecule has 1 heterocycles. The highest BCUT2D eigenvalue weighted by molar-refractivity contribution is 5.75. The minimum atomic E-state index is -4.47. The summed E-state index contributed by atoms with van der Waals surface area (Å²) in [6.07, 6.45) is 1.67. The molecule has 1 amide bonds. The maximum atomic E-state index is 12.5. The molecule has 1 aromatic heterocycles. The number of carbonyl (C=O) groups excluding carboxylic acids is 1. The molecule has 3 rings (SSSR count). The molecular weight excluding hydrogens is 295 g/mol. The highest BCUT2D eigenvalue weighted by atomic mass is 19.4. The van der Waals surface area contributed by atoms with Crippen LogP contribution in [0.5, 0.6) is 0 Å². The summed E-state index contributed by atoms with van der Waals surface area (Å²) in [5.74, 6) is 1.72. The number of halogens is 3. The molecule has 0 aliphatic heterocycles. The van der Waals surface area contributed by atoms with E-state index in [4.69, 9.17) is 0 Å². The molecule has 0 aromatic carbocycles. The molecule has 7 heteroatoms. The molecule has 2 aliphatic rings. The van der Waals surface area contributed by atoms with Crippen LogP contribution in [0, 0.1) is 17.8 Å². The maximum Gasteiger partial charge on any atom is 0.435 e. The largest absolute Gasteiger partial charge is 0.435 e. The lowest BCUT2D eigenvalue weighted by molar-refractivity contribution is -0.141. The molecule has 2 fully saturated rings. The van der Waals surface area contributed by atoms with Crippen LogP contribution in [0.25, 0.3) is 0 Å². The van der Waals surface area contributed by atoms with Crippen molar-refractivity contribution in [1.82, 2.24) is 15.1 Å². The van der Waals surface area contributed by atoms with Crippen molar-refractivity contribution in [2.75, 3.05) is 0 Å². The van der Waals surface area contributed by atoms with E-state index < -0.39 is 11.9 Å². The number of amides is 1. The van der Waals surface area contributed by atoms with E-state index in [1.54, 1.807) is 0 Å². The monoisotopic (exact) mass is 315 g/mol. The molecule has 0 spiro atoms. The van der Waals surface area contributed by atoms with Gasteiger partial charge in [-0.3, -0.25) is 9.48 Å². The predicted molar refractivity (Wildman–Crippen MR) is 73.8 cm³/mol. The third kappa shape index (κ3) is 3.13. The van der Waals surface area contributed by atoms with Crippen molar-refractivity contribution in [1.29, 1.82) is 0 Å². The van der Waals surface area contributed by atoms with Crippen molar-refractivity contribution >= 4 is 5.91 Å². The Balaban J connectivity index is 1.53. The quantitative estimate of drug-likeness (QED) is 0.929. The topological polar surface area (TPSA) is 46.9 Å². The van der Waals surface area contributed by atoms with Gasteiger partial charge >= 0.3 is 6.18 Å². The fourth-order valence-corrected chi connectivity index (χ4v) is 4.06. The average molecular weight is 315 g/mol. The van der Waals surface area contributed by atoms with Gasteiger partial charge in [-0.15, -0.1) is 0 Å². The molecule has 0 unspecified atom stereocenters. The summed E-state index contributed by atoms with van der Waals surface area (Å²) < 4.78 is 38.4. The third-order valence-electron chi connectivity index (χ3n) is 5.06. The second-order valence-corrected chi connectivity index (χ2v) is 6.59. The van der Waals surface area contributed by atoms with Gasteiger partial charge in [-0.05, 0) is 50.0 Å². The Labute approximate surface area is 127 Å². The van der Waals surface area contributed by atoms with Crippen LogP contribution in [0.15, 0.2) is 12.3 Å². The molecule has 22 heavy (non-hydrogen) atoms. The van der Waals surface area contributed by atoms with E-state index in [1.165, 1.54) is 25.5 Å². The van der Waals surface area contributed by atoms with Gasteiger partial charge in [0.15, 0.2) is 5.69 Å². The fraction of sp³-hybridized carbons (Fsp3) is 0.733. The van der Waals surface area contributed by atoms with Gasteiger partial charge in [-0.1, -0.05) is 6.42 Å². The zero-order valence-electron chi connectivity index (χ0n) is 12.4. The molecule has 2 aliphatic carbocycles. The van der Waals surface area contributed by atoms with Crippen molar-refractivity contribution in [3.63, 3.8) is 0 Å². The SMILES string of the molecule is C[C@@H](NC(=O)Cn1ccc(C(F)(F)F)n1)[C@H]1C[C@@H]2CC[C@@H]1C2. The van der Waals surface area contributed by atoms with E-state index >= 15 is 0 Å². The molecule has 4 nitrogen and oxygen atoms in total. The highest BCUT2D eigenvalue weighted by Gasteiger charge is 2.42. The molecule has 2 bridgehead atoms. The Morgan fingerprint density at radius 2 is 2.23 bits per heavy atom. The number of hydrogen-bond acceptors (Lipinski definition) is 2. The Morgan fingerprint density at radius 1 is 1.45 bits per heavy atom. The summed E-state index contributed by atoms with van der Waals surface area (Å²) in [5, 5.41) is 6.32. The van der Waals surface area contributed by atoms with Crippen molar-refractivity contribution in [2.24, 2.45) is 17.8 Å². The van der Waals surface area contributed by atoms with Crippen LogP contribution in [0.2, 0.25) is 0 Å². The van der Waals surface area contributed by atoms with Crippen LogP contribution in [-0.2, 0) is 17.5 Å². The van der Waals surface area contributed by atoms with Gasteiger partial charge in [0.25, 0.3) is 0 Å². The van der Waals surface area contributed by atoms with Crippen LogP contribution in [0.4, 0.5) is 13.2 Å². The first-order chi connectivity index (χ1) is 10.3. The predicted octanol–water partition coefficient (Wildman–Crippen LogP) is 2.84. The van der Waals surface area contributed by atoms with E-state index in [2.05, 4.69) is 10.4 Å². The Morgan fingerprint density at radius 3 is 2.77 bits per heavy atom. The van der Waals surface area contributed by atoms with E-state index in [-0.39, 0.29) is 18.5 Å². The number of nitrogens with one attached hydrogen (secondary N) is 1. The molecule has 122 valence electrons. The van der Waals surface area contributed by atoms with E-state index in [1.807, 2.05) is 6.92 Å². The van der Waals surface area contributed by atoms with Gasteiger partial charge in [0.1, 0.15) is 6.54 Å². The first kappa shape index (κ1) is 15.4. The van der Waals surface area contributed by atoms with E-state index in [0.29, 0.717) is 11.8 Å². The summed E-state index contributed by atoms with van der Waals surface area (Å²) in [6, 6.07) is 0.951. The second kappa shape index (κ2) is 5.59. The van der Waals surface area contributed by atoms with E-state index in [0.717, 1.165) is 23.1 Å². The minimum Gasteiger partial charge on any atom is -0.352 e. The number of carbonyl (C=O) groups is 1. The number of nitrogens with zero attached hydrogens (tertiary/aromatic N) is 2. The van der Waals surface area contributed by atoms with Gasteiger partial charge < -0.3 is 5.32 Å². The van der Waals surface area contributed by atoms with Gasteiger partial charge in [-0.25, -0.2) is 0 Å². The van der Waals surface area contributed by atoms with Crippen molar-refractivity contribution in [3.8, 4) is 0 Å². The molecule has 0 saturated heterocycles. The van der Waals surface area contributed by atoms with Gasteiger partial charge in [0.05, 0.1) is 0 Å². The third-order valence-corrected chi connectivity index (χ3v) is 5.06. The number of rotatable bonds is 4. The lowest BCUT2D eigenvalue weighted by Gasteiger charge is -2.28. The average Bonchev–Trinajstić information content (AvgIpc) is 3.12. The standard InChI is InChI=1S/C15H20F3N3O/c1-9(12-7-10-2-3-11(12)6-10)19-14(22)8-21-5-4-13(20-21)15(16,17)18/h4-5,9-12H,2-3,6-8H2,1H3,(H,19,22)/t9-,10-,11-,12-/m1/s1. The first-order valence-electron chi connectivity index (χ1n) is 7.73. The second-order valence-electron chi connectivity index (χ2n) is 6.59. The van der Waals surface area contributed by atoms with Gasteiger partial charge in [-0.2, -0.15) is 18.3 Å². The maximum absolute atomic E-state index is 12.5. The lowest BCUT2D eigenvalue weighted by atomic mass is 9.84. The Bertz CT molecular complexity index is 554. The summed E-state index contributed by atoms with van der Waals surface area (Å²) in [4.78, 5) is 12.0. The molecule has 2 saturated carbocycles. The number of aromatic nitrogens is 2. The molecule has 1 N–H and O–H groups in total. The Hall–Kier alpha value is -1.53. The van der Waals surface area contributed by atoms with Crippen molar-refractivity contribution in [3.05, 3.63) is 18.0 Å². The number of alkyl halides is 3. The normalized spacial score (nSPS) is 28.8. The first-order valence-corrected chi connectivity index (χ1v) is 7.73. The fourth-order valence-electron chi connectivity index (χ4n) is 4.06. The molecule has 4 atom stereocenters. The zero-order chi connectivity index (χ0) is 15.9. The molecule has 1 aromatic rings. The van der Waals surface area contributed by atoms with Crippen LogP contribution in [0.1, 0.15) is 38.3 Å². The van der Waals surface area contributed by atoms with Crippen molar-refractivity contribution in [2.45, 2.75) is 51.4 Å². The summed E-state index contributed by atoms with van der Waals surface area (Å²) in [7, 11) is 0. The minimum absolute atomic E-state index is 0.0699. The summed E-state index contributed by atoms with van der Waals surface area (Å²) in [6.45, 7) is 1.81. The summed E-state index contributed by atoms with van der Waals surface area (Å²) >= 11 is 0. The lowest BCUT2D eigenvalue weighted by Crippen LogP contribution is -2.41.